The molecule has 5 heteroatoms. The van der Waals surface area contributed by atoms with Crippen molar-refractivity contribution >= 4 is 44.6 Å². The maximum Gasteiger partial charge on any atom is 0.137 e. The Morgan fingerprint density at radius 2 is 1.15 bits per heavy atom. The summed E-state index contributed by atoms with van der Waals surface area (Å²) in [5.41, 5.74) is 10.5. The molecule has 0 radical (unpaired) electrons. The first-order chi connectivity index (χ1) is 25.2. The van der Waals surface area contributed by atoms with E-state index in [1.165, 1.54) is 39.0 Å². The number of rotatable bonds is 5. The van der Waals surface area contributed by atoms with Gasteiger partial charge in [0, 0.05) is 46.0 Å². The summed E-state index contributed by atoms with van der Waals surface area (Å²) in [4.78, 5) is 9.70. The van der Waals surface area contributed by atoms with Crippen molar-refractivity contribution in [1.82, 2.24) is 9.55 Å². The van der Waals surface area contributed by atoms with Crippen molar-refractivity contribution in [2.75, 3.05) is 16.5 Å². The highest BCUT2D eigenvalue weighted by Gasteiger charge is 2.29. The molecule has 0 N–H and O–H groups in total. The predicted molar refractivity (Wildman–Crippen MR) is 223 cm³/mol. The first kappa shape index (κ1) is 34.5. The van der Waals surface area contributed by atoms with Crippen molar-refractivity contribution in [1.29, 1.82) is 0 Å². The van der Waals surface area contributed by atoms with Crippen LogP contribution in [0.15, 0.2) is 128 Å². The first-order valence-corrected chi connectivity index (χ1v) is 18.7. The molecule has 0 unspecified atom stereocenters. The van der Waals surface area contributed by atoms with Gasteiger partial charge in [-0.05, 0) is 88.0 Å². The van der Waals surface area contributed by atoms with Gasteiger partial charge < -0.3 is 14.5 Å². The van der Waals surface area contributed by atoms with E-state index in [1.807, 2.05) is 6.20 Å². The smallest absolute Gasteiger partial charge is 0.137 e. The van der Waals surface area contributed by atoms with E-state index >= 15 is 0 Å². The van der Waals surface area contributed by atoms with Crippen molar-refractivity contribution in [2.45, 2.75) is 78.6 Å². The molecule has 0 aliphatic carbocycles. The molecular formula is C48H50N4O. The van der Waals surface area contributed by atoms with Crippen molar-refractivity contribution in [3.05, 3.63) is 144 Å². The Hall–Kier alpha value is -5.55. The second kappa shape index (κ2) is 12.5. The maximum atomic E-state index is 6.99. The number of para-hydroxylation sites is 3. The van der Waals surface area contributed by atoms with Gasteiger partial charge in [0.05, 0.1) is 22.4 Å². The maximum absolute atomic E-state index is 6.99. The SMILES string of the molecule is CC(C)(C)c1cccc(N2CN(c3cccc(Oc4cc5c(cc4C(C)(C)C)c4ccccc4n5-c4cc(C(C)(C)C)ccn4)c3)c3ccccc32)c1. The fourth-order valence-corrected chi connectivity index (χ4v) is 7.56. The van der Waals surface area contributed by atoms with Crippen LogP contribution in [0.4, 0.5) is 22.7 Å². The summed E-state index contributed by atoms with van der Waals surface area (Å²) >= 11 is 0. The fraction of sp³-hybridized carbons (Fsp3) is 0.271. The number of ether oxygens (including phenoxy) is 1. The van der Waals surface area contributed by atoms with E-state index in [-0.39, 0.29) is 16.2 Å². The van der Waals surface area contributed by atoms with Crippen molar-refractivity contribution in [3.63, 3.8) is 0 Å². The lowest BCUT2D eigenvalue weighted by atomic mass is 9.85. The van der Waals surface area contributed by atoms with Crippen LogP contribution in [0.25, 0.3) is 27.6 Å². The number of hydrogen-bond donors (Lipinski definition) is 0. The van der Waals surface area contributed by atoms with Gasteiger partial charge in [-0.25, -0.2) is 4.98 Å². The third-order valence-electron chi connectivity index (χ3n) is 10.5. The lowest BCUT2D eigenvalue weighted by Crippen LogP contribution is -2.24. The molecule has 0 atom stereocenters. The van der Waals surface area contributed by atoms with Crippen LogP contribution < -0.4 is 14.5 Å². The van der Waals surface area contributed by atoms with E-state index in [1.54, 1.807) is 0 Å². The van der Waals surface area contributed by atoms with Crippen LogP contribution in [0.5, 0.6) is 11.5 Å². The highest BCUT2D eigenvalue weighted by Crippen LogP contribution is 2.46. The van der Waals surface area contributed by atoms with Gasteiger partial charge >= 0.3 is 0 Å². The Morgan fingerprint density at radius 3 is 1.83 bits per heavy atom. The Morgan fingerprint density at radius 1 is 0.528 bits per heavy atom. The Bertz CT molecular complexity index is 2490. The summed E-state index contributed by atoms with van der Waals surface area (Å²) < 4.78 is 9.28. The second-order valence-electron chi connectivity index (χ2n) is 17.5. The third-order valence-corrected chi connectivity index (χ3v) is 10.5. The normalized spacial score (nSPS) is 13.6. The van der Waals surface area contributed by atoms with Crippen molar-refractivity contribution in [3.8, 4) is 17.3 Å². The van der Waals surface area contributed by atoms with Crippen LogP contribution in [0, 0.1) is 0 Å². The van der Waals surface area contributed by atoms with Crippen molar-refractivity contribution < 1.29 is 4.74 Å². The van der Waals surface area contributed by atoms with Crippen LogP contribution in [0.3, 0.4) is 0 Å². The lowest BCUT2D eigenvalue weighted by molar-refractivity contribution is 0.456. The van der Waals surface area contributed by atoms with Gasteiger partial charge in [-0.15, -0.1) is 0 Å². The zero-order chi connectivity index (χ0) is 37.3. The number of aromatic nitrogens is 2. The molecule has 53 heavy (non-hydrogen) atoms. The lowest BCUT2D eigenvalue weighted by Gasteiger charge is -2.25. The molecule has 1 aliphatic heterocycles. The Balaban J connectivity index is 1.22. The number of anilines is 4. The molecule has 3 heterocycles. The predicted octanol–water partition coefficient (Wildman–Crippen LogP) is 13.1. The van der Waals surface area contributed by atoms with E-state index in [0.717, 1.165) is 39.6 Å². The molecule has 5 aromatic carbocycles. The quantitative estimate of drug-likeness (QED) is 0.179. The minimum Gasteiger partial charge on any atom is -0.457 e. The van der Waals surface area contributed by atoms with Crippen LogP contribution >= 0.6 is 0 Å². The number of benzene rings is 5. The molecule has 0 saturated heterocycles. The molecule has 0 saturated carbocycles. The van der Waals surface area contributed by atoms with Gasteiger partial charge in [0.1, 0.15) is 24.0 Å². The third kappa shape index (κ3) is 6.33. The summed E-state index contributed by atoms with van der Waals surface area (Å²) in [5.74, 6) is 2.56. The summed E-state index contributed by atoms with van der Waals surface area (Å²) in [6.45, 7) is 21.0. The minimum absolute atomic E-state index is 0.00150. The molecule has 1 aliphatic rings. The standard InChI is InChI=1S/C48H50N4O/c1-46(2,3)32-16-14-17-34(26-32)50-31-51(42-23-13-12-22-41(42)50)35-18-15-19-36(28-35)53-44-30-43-38(29-39(44)48(7,8)9)37-20-10-11-21-40(37)52(43)45-27-33(24-25-49-45)47(4,5)6/h10-30H,31H2,1-9H3. The topological polar surface area (TPSA) is 33.5 Å². The number of fused-ring (bicyclic) bond motifs is 4. The van der Waals surface area contributed by atoms with Gasteiger partial charge in [0.15, 0.2) is 0 Å². The highest BCUT2D eigenvalue weighted by atomic mass is 16.5. The zero-order valence-electron chi connectivity index (χ0n) is 32.5. The minimum atomic E-state index is -0.162. The van der Waals surface area contributed by atoms with Crippen LogP contribution in [-0.2, 0) is 16.2 Å². The van der Waals surface area contributed by atoms with Crippen LogP contribution in [0.2, 0.25) is 0 Å². The molecule has 0 spiro atoms. The number of pyridine rings is 1. The van der Waals surface area contributed by atoms with Gasteiger partial charge in [0.2, 0.25) is 0 Å². The summed E-state index contributed by atoms with van der Waals surface area (Å²) in [6.07, 6.45) is 1.93. The molecule has 0 bridgehead atoms. The molecule has 0 amide bonds. The number of hydrogen-bond acceptors (Lipinski definition) is 4. The molecule has 0 fully saturated rings. The van der Waals surface area contributed by atoms with Crippen LogP contribution in [-0.4, -0.2) is 16.2 Å². The molecule has 2 aromatic heterocycles. The average molecular weight is 699 g/mol. The average Bonchev–Trinajstić information content (AvgIpc) is 3.66. The van der Waals surface area contributed by atoms with Gasteiger partial charge in [-0.2, -0.15) is 0 Å². The largest absolute Gasteiger partial charge is 0.457 e. The molecule has 8 rings (SSSR count). The van der Waals surface area contributed by atoms with Crippen LogP contribution in [0.1, 0.15) is 79.0 Å². The summed E-state index contributed by atoms with van der Waals surface area (Å²) in [5, 5.41) is 2.40. The second-order valence-corrected chi connectivity index (χ2v) is 17.5. The molecular weight excluding hydrogens is 649 g/mol. The Labute approximate surface area is 314 Å². The van der Waals surface area contributed by atoms with E-state index < -0.39 is 0 Å². The monoisotopic (exact) mass is 698 g/mol. The van der Waals surface area contributed by atoms with Crippen molar-refractivity contribution in [2.24, 2.45) is 0 Å². The molecule has 7 aromatic rings. The molecule has 5 nitrogen and oxygen atoms in total. The summed E-state index contributed by atoms with van der Waals surface area (Å²) in [6, 6.07) is 43.7. The van der Waals surface area contributed by atoms with Gasteiger partial charge in [-0.1, -0.05) is 111 Å². The fourth-order valence-electron chi connectivity index (χ4n) is 7.56. The highest BCUT2D eigenvalue weighted by molar-refractivity contribution is 6.10. The van der Waals surface area contributed by atoms with E-state index in [9.17, 15) is 0 Å². The van der Waals surface area contributed by atoms with Gasteiger partial charge in [0.25, 0.3) is 0 Å². The Kier molecular flexibility index (Phi) is 8.17. The van der Waals surface area contributed by atoms with Gasteiger partial charge in [-0.3, -0.25) is 4.57 Å². The summed E-state index contributed by atoms with van der Waals surface area (Å²) in [7, 11) is 0. The van der Waals surface area contributed by atoms with E-state index in [2.05, 4.69) is 198 Å². The van der Waals surface area contributed by atoms with E-state index in [4.69, 9.17) is 9.72 Å². The zero-order valence-corrected chi connectivity index (χ0v) is 32.5. The molecule has 268 valence electrons. The van der Waals surface area contributed by atoms with E-state index in [0.29, 0.717) is 6.67 Å². The first-order valence-electron chi connectivity index (χ1n) is 18.7. The number of nitrogens with zero attached hydrogens (tertiary/aromatic N) is 4.